The third-order valence-corrected chi connectivity index (χ3v) is 13.3. The Morgan fingerprint density at radius 2 is 1.87 bits per heavy atom. The Balaban J connectivity index is 1.30. The summed E-state index contributed by atoms with van der Waals surface area (Å²) in [5, 5.41) is 7.75. The molecule has 60 heavy (non-hydrogen) atoms. The van der Waals surface area contributed by atoms with Gasteiger partial charge in [0.2, 0.25) is 5.91 Å². The smallest absolute Gasteiger partial charge is 0.324 e. The van der Waals surface area contributed by atoms with Crippen molar-refractivity contribution >= 4 is 46.1 Å². The molecule has 2 N–H and O–H groups in total. The van der Waals surface area contributed by atoms with E-state index in [0.717, 1.165) is 68.8 Å². The molecule has 14 heteroatoms. The van der Waals surface area contributed by atoms with Gasteiger partial charge < -0.3 is 29.2 Å². The van der Waals surface area contributed by atoms with Gasteiger partial charge in [-0.25, -0.2) is 10.2 Å². The first-order chi connectivity index (χ1) is 28.6. The molecule has 3 aliphatic rings. The predicted molar refractivity (Wildman–Crippen MR) is 234 cm³/mol. The fraction of sp³-hybridized carbons (Fsp3) is 0.543. The van der Waals surface area contributed by atoms with Crippen LogP contribution in [0.4, 0.5) is 4.79 Å². The van der Waals surface area contributed by atoms with Crippen LogP contribution in [-0.2, 0) is 43.2 Å². The Labute approximate surface area is 357 Å². The highest BCUT2D eigenvalue weighted by Gasteiger charge is 2.40. The fourth-order valence-electron chi connectivity index (χ4n) is 8.88. The summed E-state index contributed by atoms with van der Waals surface area (Å²) in [6, 6.07) is 10.2. The molecule has 3 aromatic heterocycles. The number of methoxy groups -OCH3 is 1. The second-order valence-corrected chi connectivity index (χ2v) is 18.9. The molecule has 13 nitrogen and oxygen atoms in total. The molecule has 0 unspecified atom stereocenters. The fourth-order valence-corrected chi connectivity index (χ4v) is 9.82. The standard InChI is InChI=1S/C46H61N7O6S/c1-10-52-38-18-15-29-22-34(38)35(41(52)33-13-11-19-47-39(33)28(4)58-9)24-46(5,6)26-59-44(56)36-14-12-20-53(49-36)43(55)37(23-32-21-30(29)25-60-32)48-42(54)40(27(2)3)51(8)45(57)50(7)31-16-17-31/h11,13,15,18-19,21-22,25,27-28,31,36-37,40,49H,10,12,14,16-17,20,23-24,26H2,1-9H3,(H,48,54)/t28-,36-,37-,40-/m0/s1. The number of cyclic esters (lactones) is 1. The Morgan fingerprint density at radius 1 is 1.10 bits per heavy atom. The molecular formula is C46H61N7O6S. The summed E-state index contributed by atoms with van der Waals surface area (Å²) in [6.07, 6.45) is 5.40. The van der Waals surface area contributed by atoms with Crippen molar-refractivity contribution in [1.29, 1.82) is 0 Å². The number of esters is 1. The lowest BCUT2D eigenvalue weighted by molar-refractivity contribution is -0.155. The van der Waals surface area contributed by atoms with E-state index in [1.807, 2.05) is 26.8 Å². The number of hydrogen-bond donors (Lipinski definition) is 2. The summed E-state index contributed by atoms with van der Waals surface area (Å²) < 4.78 is 14.3. The van der Waals surface area contributed by atoms with E-state index in [0.29, 0.717) is 25.8 Å². The number of hydrazine groups is 1. The number of fused-ring (bicyclic) bond motifs is 6. The number of rotatable bonds is 9. The number of pyridine rings is 1. The lowest BCUT2D eigenvalue weighted by Gasteiger charge is -2.37. The molecule has 1 saturated heterocycles. The number of nitrogens with zero attached hydrogens (tertiary/aromatic N) is 5. The van der Waals surface area contributed by atoms with Crippen LogP contribution in [0, 0.1) is 11.3 Å². The van der Waals surface area contributed by atoms with Crippen molar-refractivity contribution in [2.75, 3.05) is 34.4 Å². The van der Waals surface area contributed by atoms with E-state index in [-0.39, 0.29) is 43.0 Å². The zero-order valence-electron chi connectivity index (χ0n) is 36.5. The SMILES string of the molecule is CCn1c(-c2cccnc2[C@H](C)OC)c2c3cc(ccc31)-c1csc(c1)C[C@H](NC(=O)[C@H](C(C)C)N(C)C(=O)N(C)C1CC1)C(=O)N1CCC[C@H](N1)C(=O)OCC(C)(C)C2. The number of thiophene rings is 1. The summed E-state index contributed by atoms with van der Waals surface area (Å²) in [5.41, 5.74) is 9.90. The molecule has 0 radical (unpaired) electrons. The summed E-state index contributed by atoms with van der Waals surface area (Å²) in [7, 11) is 5.13. The molecule has 6 bridgehead atoms. The lowest BCUT2D eigenvalue weighted by atomic mass is 9.84. The van der Waals surface area contributed by atoms with Gasteiger partial charge in [0, 0.05) is 79.7 Å². The van der Waals surface area contributed by atoms with Gasteiger partial charge in [-0.1, -0.05) is 33.8 Å². The molecule has 322 valence electrons. The maximum Gasteiger partial charge on any atom is 0.324 e. The van der Waals surface area contributed by atoms with Gasteiger partial charge in [-0.15, -0.1) is 11.3 Å². The van der Waals surface area contributed by atoms with Crippen molar-refractivity contribution in [3.8, 4) is 22.4 Å². The van der Waals surface area contributed by atoms with Crippen molar-refractivity contribution in [3.05, 3.63) is 64.1 Å². The molecule has 5 heterocycles. The summed E-state index contributed by atoms with van der Waals surface area (Å²) in [6.45, 7) is 13.5. The molecule has 7 rings (SSSR count). The van der Waals surface area contributed by atoms with Gasteiger partial charge in [0.05, 0.1) is 24.1 Å². The molecule has 2 aliphatic heterocycles. The van der Waals surface area contributed by atoms with Crippen LogP contribution in [0.3, 0.4) is 0 Å². The van der Waals surface area contributed by atoms with Crippen molar-refractivity contribution < 1.29 is 28.7 Å². The highest BCUT2D eigenvalue weighted by molar-refractivity contribution is 7.10. The second kappa shape index (κ2) is 17.7. The normalized spacial score (nSPS) is 20.7. The van der Waals surface area contributed by atoms with Crippen LogP contribution in [0.2, 0.25) is 0 Å². The molecule has 4 aromatic rings. The molecule has 1 aliphatic carbocycles. The number of benzene rings is 1. The van der Waals surface area contributed by atoms with Crippen molar-refractivity contribution in [2.45, 2.75) is 117 Å². The van der Waals surface area contributed by atoms with Crippen LogP contribution in [-0.4, -0.2) is 107 Å². The number of ether oxygens (including phenoxy) is 2. The number of aromatic nitrogens is 2. The van der Waals surface area contributed by atoms with E-state index < -0.39 is 35.4 Å². The number of nitrogens with one attached hydrogen (secondary N) is 2. The van der Waals surface area contributed by atoms with E-state index in [2.05, 4.69) is 71.8 Å². The summed E-state index contributed by atoms with van der Waals surface area (Å²) in [5.74, 6) is -1.39. The number of amides is 4. The first-order valence-corrected chi connectivity index (χ1v) is 22.3. The largest absolute Gasteiger partial charge is 0.464 e. The van der Waals surface area contributed by atoms with E-state index >= 15 is 0 Å². The van der Waals surface area contributed by atoms with Crippen molar-refractivity contribution in [1.82, 2.24) is 35.1 Å². The van der Waals surface area contributed by atoms with Crippen molar-refractivity contribution in [2.24, 2.45) is 11.3 Å². The molecule has 1 aromatic carbocycles. The third kappa shape index (κ3) is 8.82. The van der Waals surface area contributed by atoms with Gasteiger partial charge in [0.1, 0.15) is 18.1 Å². The van der Waals surface area contributed by atoms with Crippen LogP contribution in [0.25, 0.3) is 33.3 Å². The van der Waals surface area contributed by atoms with Gasteiger partial charge in [0.15, 0.2) is 0 Å². The number of carbonyl (C=O) groups excluding carboxylic acids is 4. The second-order valence-electron chi connectivity index (χ2n) is 17.9. The minimum absolute atomic E-state index is 0.162. The van der Waals surface area contributed by atoms with E-state index in [1.165, 1.54) is 9.91 Å². The first-order valence-electron chi connectivity index (χ1n) is 21.4. The highest BCUT2D eigenvalue weighted by atomic mass is 32.1. The van der Waals surface area contributed by atoms with Crippen LogP contribution in [0.15, 0.2) is 48.0 Å². The molecule has 4 atom stereocenters. The maximum absolute atomic E-state index is 14.5. The molecule has 4 amide bonds. The van der Waals surface area contributed by atoms with Gasteiger partial charge in [-0.2, -0.15) is 0 Å². The topological polar surface area (TPSA) is 138 Å². The lowest BCUT2D eigenvalue weighted by Crippen LogP contribution is -2.62. The third-order valence-electron chi connectivity index (χ3n) is 12.3. The minimum atomic E-state index is -0.964. The number of carbonyl (C=O) groups is 4. The van der Waals surface area contributed by atoms with Crippen molar-refractivity contribution in [3.63, 3.8) is 0 Å². The first kappa shape index (κ1) is 43.3. The van der Waals surface area contributed by atoms with Crippen LogP contribution in [0.5, 0.6) is 0 Å². The van der Waals surface area contributed by atoms with E-state index in [4.69, 9.17) is 14.5 Å². The van der Waals surface area contributed by atoms with E-state index in [9.17, 15) is 19.2 Å². The Morgan fingerprint density at radius 3 is 2.57 bits per heavy atom. The van der Waals surface area contributed by atoms with Crippen LogP contribution in [0.1, 0.15) is 89.5 Å². The predicted octanol–water partition coefficient (Wildman–Crippen LogP) is 6.98. The number of aryl methyl sites for hydroxylation is 1. The zero-order valence-corrected chi connectivity index (χ0v) is 37.4. The maximum atomic E-state index is 14.5. The quantitative estimate of drug-likeness (QED) is 0.172. The van der Waals surface area contributed by atoms with Crippen LogP contribution >= 0.6 is 11.3 Å². The number of likely N-dealkylation sites (N-methyl/N-ethyl adjacent to an activating group) is 1. The monoisotopic (exact) mass is 839 g/mol. The van der Waals surface area contributed by atoms with Crippen LogP contribution < -0.4 is 10.7 Å². The molecule has 1 saturated carbocycles. The molecule has 2 fully saturated rings. The number of urea groups is 1. The molecule has 0 spiro atoms. The zero-order chi connectivity index (χ0) is 43.0. The number of hydrogen-bond acceptors (Lipinski definition) is 9. The average Bonchev–Trinajstić information content (AvgIpc) is 3.92. The van der Waals surface area contributed by atoms with Gasteiger partial charge >= 0.3 is 12.0 Å². The Bertz CT molecular complexity index is 2240. The summed E-state index contributed by atoms with van der Waals surface area (Å²) >= 11 is 1.54. The molecular weight excluding hydrogens is 779 g/mol. The summed E-state index contributed by atoms with van der Waals surface area (Å²) in [4.78, 5) is 65.0. The minimum Gasteiger partial charge on any atom is -0.464 e. The van der Waals surface area contributed by atoms with Gasteiger partial charge in [0.25, 0.3) is 5.91 Å². The van der Waals surface area contributed by atoms with Gasteiger partial charge in [-0.05, 0) is 104 Å². The highest BCUT2D eigenvalue weighted by Crippen LogP contribution is 2.42. The Hall–Kier alpha value is -4.79. The van der Waals surface area contributed by atoms with E-state index in [1.54, 1.807) is 43.6 Å². The van der Waals surface area contributed by atoms with Gasteiger partial charge in [-0.3, -0.25) is 24.4 Å². The average molecular weight is 840 g/mol. The Kier molecular flexibility index (Phi) is 12.8.